The van der Waals surface area contributed by atoms with Crippen molar-refractivity contribution < 1.29 is 0 Å². The molecule has 19 heavy (non-hydrogen) atoms. The molecule has 0 fully saturated rings. The lowest BCUT2D eigenvalue weighted by molar-refractivity contribution is 0.606. The highest BCUT2D eigenvalue weighted by Gasteiger charge is 2.14. The van der Waals surface area contributed by atoms with Gasteiger partial charge >= 0.3 is 0 Å². The molecule has 1 heterocycles. The molecule has 1 atom stereocenters. The molecule has 1 aliphatic rings. The molecule has 5 heteroatoms. The number of nitrogens with one attached hydrogen (secondary N) is 1. The maximum Gasteiger partial charge on any atom is 0.108 e. The highest BCUT2D eigenvalue weighted by molar-refractivity contribution is 7.98. The van der Waals surface area contributed by atoms with Gasteiger partial charge in [-0.3, -0.25) is 0 Å². The van der Waals surface area contributed by atoms with Crippen molar-refractivity contribution in [2.45, 2.75) is 31.8 Å². The average molecular weight is 278 g/mol. The normalized spacial score (nSPS) is 18.1. The molecule has 0 spiro atoms. The van der Waals surface area contributed by atoms with Gasteiger partial charge in [-0.15, -0.1) is 4.52 Å². The van der Waals surface area contributed by atoms with Crippen molar-refractivity contribution in [2.75, 3.05) is 18.8 Å². The van der Waals surface area contributed by atoms with Gasteiger partial charge in [0.15, 0.2) is 0 Å². The van der Waals surface area contributed by atoms with Crippen LogP contribution in [0.25, 0.3) is 0 Å². The summed E-state index contributed by atoms with van der Waals surface area (Å²) in [5.41, 5.74) is 8.05. The largest absolute Gasteiger partial charge is 0.330 e. The minimum Gasteiger partial charge on any atom is -0.330 e. The van der Waals surface area contributed by atoms with Gasteiger partial charge in [0.2, 0.25) is 0 Å². The standard InChI is InChI=1S/C14H22N4S/c15-8-2-1-3-9-16-10-12-4-6-13(7-5-12)14-11-19-18-17-14/h4-7,14,16H,1-3,8-11,15H2. The number of hydrogen-bond acceptors (Lipinski definition) is 5. The Morgan fingerprint density at radius 3 is 2.74 bits per heavy atom. The van der Waals surface area contributed by atoms with Gasteiger partial charge in [0.05, 0.1) is 0 Å². The van der Waals surface area contributed by atoms with Crippen molar-refractivity contribution in [1.29, 1.82) is 0 Å². The molecule has 4 nitrogen and oxygen atoms in total. The molecular formula is C14H22N4S. The Hall–Kier alpha value is -0.910. The minimum atomic E-state index is 0.253. The van der Waals surface area contributed by atoms with Gasteiger partial charge in [0.1, 0.15) is 6.04 Å². The highest BCUT2D eigenvalue weighted by Crippen LogP contribution is 2.29. The molecule has 1 aliphatic heterocycles. The first-order valence-electron chi connectivity index (χ1n) is 6.92. The second-order valence-corrected chi connectivity index (χ2v) is 5.53. The first-order valence-corrected chi connectivity index (χ1v) is 7.86. The van der Waals surface area contributed by atoms with Crippen LogP contribution in [-0.4, -0.2) is 18.8 Å². The predicted octanol–water partition coefficient (Wildman–Crippen LogP) is 3.06. The van der Waals surface area contributed by atoms with E-state index in [9.17, 15) is 0 Å². The van der Waals surface area contributed by atoms with Gasteiger partial charge in [-0.1, -0.05) is 30.7 Å². The zero-order chi connectivity index (χ0) is 13.3. The predicted molar refractivity (Wildman–Crippen MR) is 81.1 cm³/mol. The summed E-state index contributed by atoms with van der Waals surface area (Å²) in [6.45, 7) is 2.80. The minimum absolute atomic E-state index is 0.253. The average Bonchev–Trinajstić information content (AvgIpc) is 2.97. The molecule has 0 aliphatic carbocycles. The molecule has 0 saturated heterocycles. The number of hydrogen-bond donors (Lipinski definition) is 2. The Bertz CT molecular complexity index is 391. The molecule has 2 rings (SSSR count). The fourth-order valence-electron chi connectivity index (χ4n) is 2.05. The summed E-state index contributed by atoms with van der Waals surface area (Å²) in [4.78, 5) is 0. The van der Waals surface area contributed by atoms with E-state index in [1.165, 1.54) is 24.0 Å². The molecule has 104 valence electrons. The zero-order valence-corrected chi connectivity index (χ0v) is 12.0. The Morgan fingerprint density at radius 2 is 2.05 bits per heavy atom. The second-order valence-electron chi connectivity index (χ2n) is 4.78. The third-order valence-corrected chi connectivity index (χ3v) is 3.90. The van der Waals surface area contributed by atoms with Crippen molar-refractivity contribution in [3.63, 3.8) is 0 Å². The summed E-state index contributed by atoms with van der Waals surface area (Å²) in [5, 5.41) is 7.66. The second kappa shape index (κ2) is 8.30. The summed E-state index contributed by atoms with van der Waals surface area (Å²) < 4.78 is 3.97. The first kappa shape index (κ1) is 14.5. The molecule has 1 aromatic rings. The Kier molecular flexibility index (Phi) is 6.33. The van der Waals surface area contributed by atoms with E-state index in [1.54, 1.807) is 11.9 Å². The summed E-state index contributed by atoms with van der Waals surface area (Å²) in [6, 6.07) is 8.95. The summed E-state index contributed by atoms with van der Waals surface area (Å²) in [5.74, 6) is 0.971. The van der Waals surface area contributed by atoms with Crippen LogP contribution in [0.15, 0.2) is 33.9 Å². The fourth-order valence-corrected chi connectivity index (χ4v) is 2.70. The lowest BCUT2D eigenvalue weighted by atomic mass is 10.1. The summed E-state index contributed by atoms with van der Waals surface area (Å²) in [6.07, 6.45) is 3.55. The van der Waals surface area contributed by atoms with Gasteiger partial charge < -0.3 is 11.1 Å². The molecule has 0 radical (unpaired) electrons. The van der Waals surface area contributed by atoms with Gasteiger partial charge in [-0.25, -0.2) is 0 Å². The molecule has 1 unspecified atom stereocenters. The lowest BCUT2D eigenvalue weighted by Gasteiger charge is -2.08. The topological polar surface area (TPSA) is 62.8 Å². The van der Waals surface area contributed by atoms with Crippen LogP contribution in [0.1, 0.15) is 36.4 Å². The van der Waals surface area contributed by atoms with Gasteiger partial charge in [-0.2, -0.15) is 5.11 Å². The van der Waals surface area contributed by atoms with Crippen molar-refractivity contribution >= 4 is 11.9 Å². The van der Waals surface area contributed by atoms with Crippen LogP contribution in [0, 0.1) is 0 Å². The summed E-state index contributed by atoms with van der Waals surface area (Å²) >= 11 is 1.54. The van der Waals surface area contributed by atoms with E-state index >= 15 is 0 Å². The quantitative estimate of drug-likeness (QED) is 0.567. The van der Waals surface area contributed by atoms with Crippen LogP contribution >= 0.6 is 11.9 Å². The van der Waals surface area contributed by atoms with Crippen molar-refractivity contribution in [3.05, 3.63) is 35.4 Å². The summed E-state index contributed by atoms with van der Waals surface area (Å²) in [7, 11) is 0. The molecule has 0 amide bonds. The first-order chi connectivity index (χ1) is 9.40. The molecular weight excluding hydrogens is 256 g/mol. The molecule has 0 aromatic heterocycles. The number of unbranched alkanes of at least 4 members (excludes halogenated alkanes) is 2. The van der Waals surface area contributed by atoms with E-state index in [0.717, 1.165) is 31.8 Å². The van der Waals surface area contributed by atoms with E-state index in [-0.39, 0.29) is 6.04 Å². The smallest absolute Gasteiger partial charge is 0.108 e. The van der Waals surface area contributed by atoms with Crippen LogP contribution in [0.2, 0.25) is 0 Å². The maximum absolute atomic E-state index is 5.46. The number of benzene rings is 1. The van der Waals surface area contributed by atoms with E-state index in [4.69, 9.17) is 5.73 Å². The van der Waals surface area contributed by atoms with Crippen molar-refractivity contribution in [2.24, 2.45) is 15.4 Å². The third kappa shape index (κ3) is 4.93. The number of nitrogens with two attached hydrogens (primary N) is 1. The fraction of sp³-hybridized carbons (Fsp3) is 0.571. The zero-order valence-electron chi connectivity index (χ0n) is 11.2. The van der Waals surface area contributed by atoms with Crippen LogP contribution in [0.5, 0.6) is 0 Å². The SMILES string of the molecule is NCCCCCNCc1ccc(C2CSN=N2)cc1. The van der Waals surface area contributed by atoms with E-state index < -0.39 is 0 Å². The van der Waals surface area contributed by atoms with E-state index in [1.807, 2.05) is 0 Å². The van der Waals surface area contributed by atoms with Crippen LogP contribution in [0.4, 0.5) is 0 Å². The van der Waals surface area contributed by atoms with Crippen LogP contribution in [-0.2, 0) is 6.54 Å². The van der Waals surface area contributed by atoms with Crippen LogP contribution < -0.4 is 11.1 Å². The molecule has 0 bridgehead atoms. The van der Waals surface area contributed by atoms with Gasteiger partial charge in [0.25, 0.3) is 0 Å². The van der Waals surface area contributed by atoms with Crippen molar-refractivity contribution in [3.8, 4) is 0 Å². The lowest BCUT2D eigenvalue weighted by Crippen LogP contribution is -2.15. The van der Waals surface area contributed by atoms with E-state index in [0.29, 0.717) is 0 Å². The molecule has 3 N–H and O–H groups in total. The number of nitrogens with zero attached hydrogens (tertiary/aromatic N) is 2. The number of rotatable bonds is 8. The highest BCUT2D eigenvalue weighted by atomic mass is 32.2. The Labute approximate surface area is 119 Å². The van der Waals surface area contributed by atoms with E-state index in [2.05, 4.69) is 39.2 Å². The monoisotopic (exact) mass is 278 g/mol. The third-order valence-electron chi connectivity index (χ3n) is 3.23. The molecule has 1 aromatic carbocycles. The Morgan fingerprint density at radius 1 is 1.21 bits per heavy atom. The van der Waals surface area contributed by atoms with Gasteiger partial charge in [0, 0.05) is 12.3 Å². The van der Waals surface area contributed by atoms with Crippen molar-refractivity contribution in [1.82, 2.24) is 5.32 Å². The van der Waals surface area contributed by atoms with Crippen LogP contribution in [0.3, 0.4) is 0 Å². The van der Waals surface area contributed by atoms with Gasteiger partial charge in [-0.05, 0) is 49.0 Å². The maximum atomic E-state index is 5.46. The molecule has 0 saturated carbocycles. The Balaban J connectivity index is 1.68.